The number of piperidine rings is 1. The van der Waals surface area contributed by atoms with Crippen LogP contribution in [-0.4, -0.2) is 41.1 Å². The van der Waals surface area contributed by atoms with E-state index in [4.69, 9.17) is 4.52 Å². The first-order valence-corrected chi connectivity index (χ1v) is 11.4. The van der Waals surface area contributed by atoms with Gasteiger partial charge in [0.15, 0.2) is 0 Å². The van der Waals surface area contributed by atoms with Crippen molar-refractivity contribution in [1.82, 2.24) is 15.4 Å². The van der Waals surface area contributed by atoms with Crippen LogP contribution in [0.25, 0.3) is 0 Å². The highest BCUT2D eigenvalue weighted by atomic mass is 32.2. The zero-order valence-corrected chi connectivity index (χ0v) is 19.0. The number of thioether (sulfide) groups is 1. The summed E-state index contributed by atoms with van der Waals surface area (Å²) in [5, 5.41) is 7.10. The highest BCUT2D eigenvalue weighted by Gasteiger charge is 2.33. The fourth-order valence-electron chi connectivity index (χ4n) is 4.07. The van der Waals surface area contributed by atoms with Crippen molar-refractivity contribution in [3.8, 4) is 0 Å². The molecule has 1 aliphatic rings. The summed E-state index contributed by atoms with van der Waals surface area (Å²) in [6.07, 6.45) is 1.29. The van der Waals surface area contributed by atoms with Crippen LogP contribution in [-0.2, 0) is 5.75 Å². The van der Waals surface area contributed by atoms with Crippen LogP contribution in [0, 0.1) is 18.8 Å². The maximum Gasteiger partial charge on any atom is 0.252 e. The van der Waals surface area contributed by atoms with Gasteiger partial charge in [0, 0.05) is 36.1 Å². The van der Waals surface area contributed by atoms with Gasteiger partial charge in [0.1, 0.15) is 5.76 Å². The van der Waals surface area contributed by atoms with E-state index in [1.807, 2.05) is 37.3 Å². The van der Waals surface area contributed by atoms with E-state index in [0.717, 1.165) is 29.4 Å². The molecule has 0 radical (unpaired) electrons. The first-order valence-electron chi connectivity index (χ1n) is 10.4. The van der Waals surface area contributed by atoms with E-state index in [9.17, 15) is 4.79 Å². The standard InChI is InChI=1S/C23H33N3O2S/c1-16-10-17(2)13-26(12-16)23(4,5)15-24-22(27)20-8-6-7-9-21(20)29-14-19-11-18(3)25-28-19/h6-9,11,16-17H,10,12-15H2,1-5H3,(H,24,27). The number of hydrogen-bond acceptors (Lipinski definition) is 5. The van der Waals surface area contributed by atoms with Crippen molar-refractivity contribution in [2.45, 2.75) is 57.2 Å². The Morgan fingerprint density at radius 3 is 2.62 bits per heavy atom. The van der Waals surface area contributed by atoms with Crippen molar-refractivity contribution in [1.29, 1.82) is 0 Å². The monoisotopic (exact) mass is 415 g/mol. The molecule has 1 fully saturated rings. The summed E-state index contributed by atoms with van der Waals surface area (Å²) in [4.78, 5) is 16.4. The normalized spacial score (nSPS) is 20.6. The first kappa shape index (κ1) is 21.9. The number of carbonyl (C=O) groups is 1. The number of amides is 1. The van der Waals surface area contributed by atoms with Crippen molar-refractivity contribution >= 4 is 17.7 Å². The van der Waals surface area contributed by atoms with Crippen molar-refractivity contribution in [2.75, 3.05) is 19.6 Å². The minimum atomic E-state index is -0.0714. The molecule has 1 aromatic carbocycles. The number of likely N-dealkylation sites (tertiary alicyclic amines) is 1. The molecule has 158 valence electrons. The molecule has 29 heavy (non-hydrogen) atoms. The molecule has 1 aliphatic heterocycles. The summed E-state index contributed by atoms with van der Waals surface area (Å²) >= 11 is 1.60. The van der Waals surface area contributed by atoms with Crippen LogP contribution in [0.15, 0.2) is 39.8 Å². The molecule has 0 saturated carbocycles. The predicted molar refractivity (Wildman–Crippen MR) is 118 cm³/mol. The third kappa shape index (κ3) is 5.86. The third-order valence-electron chi connectivity index (χ3n) is 5.58. The lowest BCUT2D eigenvalue weighted by Gasteiger charge is -2.45. The van der Waals surface area contributed by atoms with E-state index in [1.54, 1.807) is 11.8 Å². The molecule has 0 bridgehead atoms. The van der Waals surface area contributed by atoms with E-state index in [-0.39, 0.29) is 11.4 Å². The Labute approximate surface area is 178 Å². The zero-order valence-electron chi connectivity index (χ0n) is 18.2. The van der Waals surface area contributed by atoms with Crippen molar-refractivity contribution in [3.05, 3.63) is 47.3 Å². The van der Waals surface area contributed by atoms with Gasteiger partial charge in [-0.1, -0.05) is 31.1 Å². The van der Waals surface area contributed by atoms with Gasteiger partial charge in [-0.25, -0.2) is 0 Å². The second kappa shape index (κ2) is 9.35. The summed E-state index contributed by atoms with van der Waals surface area (Å²) in [6, 6.07) is 9.68. The summed E-state index contributed by atoms with van der Waals surface area (Å²) in [5.74, 6) is 2.85. The van der Waals surface area contributed by atoms with E-state index in [2.05, 4.69) is 43.1 Å². The Balaban J connectivity index is 1.61. The van der Waals surface area contributed by atoms with Gasteiger partial charge < -0.3 is 9.84 Å². The third-order valence-corrected chi connectivity index (χ3v) is 6.68. The van der Waals surface area contributed by atoms with Gasteiger partial charge in [-0.2, -0.15) is 0 Å². The summed E-state index contributed by atoms with van der Waals surface area (Å²) in [5.41, 5.74) is 1.51. The number of rotatable bonds is 7. The smallest absolute Gasteiger partial charge is 0.252 e. The Morgan fingerprint density at radius 2 is 1.97 bits per heavy atom. The molecule has 1 N–H and O–H groups in total. The highest BCUT2D eigenvalue weighted by molar-refractivity contribution is 7.98. The molecule has 2 aromatic rings. The summed E-state index contributed by atoms with van der Waals surface area (Å²) < 4.78 is 5.29. The van der Waals surface area contributed by atoms with Gasteiger partial charge >= 0.3 is 0 Å². The summed E-state index contributed by atoms with van der Waals surface area (Å²) in [6.45, 7) is 13.8. The average molecular weight is 416 g/mol. The van der Waals surface area contributed by atoms with Gasteiger partial charge in [-0.15, -0.1) is 11.8 Å². The number of benzene rings is 1. The molecular weight excluding hydrogens is 382 g/mol. The lowest BCUT2D eigenvalue weighted by Crippen LogP contribution is -2.56. The predicted octanol–water partition coefficient (Wildman–Crippen LogP) is 4.76. The maximum absolute atomic E-state index is 13.0. The molecule has 2 atom stereocenters. The topological polar surface area (TPSA) is 58.4 Å². The van der Waals surface area contributed by atoms with Crippen LogP contribution in [0.2, 0.25) is 0 Å². The Hall–Kier alpha value is -1.79. The second-order valence-corrected chi connectivity index (χ2v) is 10.1. The van der Waals surface area contributed by atoms with Crippen molar-refractivity contribution in [2.24, 2.45) is 11.8 Å². The van der Waals surface area contributed by atoms with E-state index in [1.165, 1.54) is 6.42 Å². The molecule has 1 amide bonds. The van der Waals surface area contributed by atoms with Crippen LogP contribution >= 0.6 is 11.8 Å². The van der Waals surface area contributed by atoms with E-state index in [0.29, 0.717) is 29.7 Å². The highest BCUT2D eigenvalue weighted by Crippen LogP contribution is 2.28. The van der Waals surface area contributed by atoms with Gasteiger partial charge in [0.25, 0.3) is 5.91 Å². The lowest BCUT2D eigenvalue weighted by atomic mass is 9.88. The fourth-order valence-corrected chi connectivity index (χ4v) is 5.00. The molecule has 5 nitrogen and oxygen atoms in total. The second-order valence-electron chi connectivity index (χ2n) is 9.07. The molecule has 3 rings (SSSR count). The number of hydrogen-bond donors (Lipinski definition) is 1. The number of aromatic nitrogens is 1. The molecule has 1 aromatic heterocycles. The molecule has 2 heterocycles. The van der Waals surface area contributed by atoms with Gasteiger partial charge in [0.2, 0.25) is 0 Å². The first-order chi connectivity index (χ1) is 13.7. The van der Waals surface area contributed by atoms with Crippen LogP contribution < -0.4 is 5.32 Å². The van der Waals surface area contributed by atoms with Crippen molar-refractivity contribution in [3.63, 3.8) is 0 Å². The van der Waals surface area contributed by atoms with Crippen LogP contribution in [0.1, 0.15) is 55.9 Å². The Bertz CT molecular complexity index is 823. The van der Waals surface area contributed by atoms with E-state index < -0.39 is 0 Å². The van der Waals surface area contributed by atoms with Crippen molar-refractivity contribution < 1.29 is 9.32 Å². The number of nitrogens with zero attached hydrogens (tertiary/aromatic N) is 2. The SMILES string of the molecule is Cc1cc(CSc2ccccc2C(=O)NCC(C)(C)N2CC(C)CC(C)C2)on1. The number of aryl methyl sites for hydroxylation is 1. The molecular formula is C23H33N3O2S. The average Bonchev–Trinajstić information content (AvgIpc) is 3.09. The van der Waals surface area contributed by atoms with E-state index >= 15 is 0 Å². The van der Waals surface area contributed by atoms with Crippen LogP contribution in [0.5, 0.6) is 0 Å². The molecule has 2 unspecified atom stereocenters. The van der Waals surface area contributed by atoms with Gasteiger partial charge in [0.05, 0.1) is 17.0 Å². The molecule has 0 aliphatic carbocycles. The van der Waals surface area contributed by atoms with Crippen LogP contribution in [0.3, 0.4) is 0 Å². The molecule has 1 saturated heterocycles. The van der Waals surface area contributed by atoms with Gasteiger partial charge in [-0.3, -0.25) is 9.69 Å². The minimum Gasteiger partial charge on any atom is -0.360 e. The van der Waals surface area contributed by atoms with Gasteiger partial charge in [-0.05, 0) is 51.2 Å². The Morgan fingerprint density at radius 1 is 1.28 bits per heavy atom. The quantitative estimate of drug-likeness (QED) is 0.661. The minimum absolute atomic E-state index is 0.0203. The maximum atomic E-state index is 13.0. The number of nitrogens with one attached hydrogen (secondary N) is 1. The Kier molecular flexibility index (Phi) is 7.06. The molecule has 0 spiro atoms. The number of carbonyl (C=O) groups excluding carboxylic acids is 1. The largest absolute Gasteiger partial charge is 0.360 e. The lowest BCUT2D eigenvalue weighted by molar-refractivity contribution is 0.0444. The fraction of sp³-hybridized carbons (Fsp3) is 0.565. The summed E-state index contributed by atoms with van der Waals surface area (Å²) in [7, 11) is 0. The molecule has 6 heteroatoms. The zero-order chi connectivity index (χ0) is 21.0. The van der Waals surface area contributed by atoms with Crippen LogP contribution in [0.4, 0.5) is 0 Å².